The van der Waals surface area contributed by atoms with E-state index in [0.29, 0.717) is 18.9 Å². The molecule has 2 unspecified atom stereocenters. The molecule has 0 spiro atoms. The molecule has 0 aromatic heterocycles. The summed E-state index contributed by atoms with van der Waals surface area (Å²) < 4.78 is 69.2. The average Bonchev–Trinajstić information content (AvgIpc) is 2.53. The minimum Gasteiger partial charge on any atom is -0.527 e. The van der Waals surface area contributed by atoms with Crippen molar-refractivity contribution in [2.75, 3.05) is 13.1 Å². The van der Waals surface area contributed by atoms with E-state index in [4.69, 9.17) is 4.43 Å². The molecular formula is C18H33F3NO4SSi+. The van der Waals surface area contributed by atoms with Crippen LogP contribution in [0, 0.1) is 0 Å². The molecular weight excluding hydrogens is 411 g/mol. The summed E-state index contributed by atoms with van der Waals surface area (Å²) in [5, 5.41) is 0.194. The smallest absolute Gasteiger partial charge is 0.527 e. The Kier molecular flexibility index (Phi) is 7.00. The lowest BCUT2D eigenvalue weighted by atomic mass is 9.96. The van der Waals surface area contributed by atoms with Crippen LogP contribution in [-0.2, 0) is 14.3 Å². The van der Waals surface area contributed by atoms with Crippen LogP contribution in [0.3, 0.4) is 0 Å². The maximum Gasteiger partial charge on any atom is 0.534 e. The van der Waals surface area contributed by atoms with Crippen LogP contribution >= 0.6 is 0 Å². The lowest BCUT2D eigenvalue weighted by Crippen LogP contribution is -2.53. The molecule has 1 aliphatic carbocycles. The lowest BCUT2D eigenvalue weighted by Gasteiger charge is -2.41. The van der Waals surface area contributed by atoms with Crippen molar-refractivity contribution in [1.82, 2.24) is 4.90 Å². The topological polar surface area (TPSA) is 59.4 Å². The highest BCUT2D eigenvalue weighted by molar-refractivity contribution is 7.87. The molecule has 2 atom stereocenters. The normalized spacial score (nSPS) is 26.1. The highest BCUT2D eigenvalue weighted by Crippen LogP contribution is 2.37. The first-order valence-corrected chi connectivity index (χ1v) is 14.1. The highest BCUT2D eigenvalue weighted by atomic mass is 32.2. The maximum absolute atomic E-state index is 12.5. The van der Waals surface area contributed by atoms with E-state index in [1.807, 2.05) is 0 Å². The Morgan fingerprint density at radius 1 is 1.21 bits per heavy atom. The highest BCUT2D eigenvalue weighted by Gasteiger charge is 2.49. The number of halogens is 3. The maximum atomic E-state index is 12.5. The van der Waals surface area contributed by atoms with Gasteiger partial charge < -0.3 is 8.61 Å². The molecule has 28 heavy (non-hydrogen) atoms. The van der Waals surface area contributed by atoms with Crippen LogP contribution in [0.2, 0.25) is 18.1 Å². The average molecular weight is 445 g/mol. The van der Waals surface area contributed by atoms with Crippen molar-refractivity contribution >= 4 is 18.4 Å². The fourth-order valence-corrected chi connectivity index (χ4v) is 5.50. The Morgan fingerprint density at radius 2 is 1.86 bits per heavy atom. The molecule has 10 heteroatoms. The summed E-state index contributed by atoms with van der Waals surface area (Å²) in [5.74, 6) is -0.104. The molecule has 1 fully saturated rings. The van der Waals surface area contributed by atoms with E-state index in [1.165, 1.54) is 6.08 Å². The summed E-state index contributed by atoms with van der Waals surface area (Å²) in [7, 11) is -7.31. The first-order chi connectivity index (χ1) is 12.6. The van der Waals surface area contributed by atoms with Gasteiger partial charge >= 0.3 is 23.9 Å². The van der Waals surface area contributed by atoms with Crippen molar-refractivity contribution in [2.24, 2.45) is 0 Å². The first-order valence-electron chi connectivity index (χ1n) is 9.78. The summed E-state index contributed by atoms with van der Waals surface area (Å²) >= 11 is 0. The fourth-order valence-electron chi connectivity index (χ4n) is 3.46. The lowest BCUT2D eigenvalue weighted by molar-refractivity contribution is -0.0528. The number of piperidine rings is 1. The minimum atomic E-state index is -5.58. The quantitative estimate of drug-likeness (QED) is 0.275. The zero-order valence-corrected chi connectivity index (χ0v) is 19.2. The SMILES string of the molecule is CC(C)(C)[Si](C)(C)[OH+]C1CCCN(C2CC=C(OS(=O)(=O)C(F)(F)F)CC2)C1. The summed E-state index contributed by atoms with van der Waals surface area (Å²) in [6, 6.07) is 0.193. The number of allylic oxidation sites excluding steroid dienone is 1. The first kappa shape index (κ1) is 23.7. The number of likely N-dealkylation sites (tertiary alicyclic amines) is 1. The van der Waals surface area contributed by atoms with Crippen molar-refractivity contribution in [2.45, 2.75) is 88.7 Å². The molecule has 0 bridgehead atoms. The van der Waals surface area contributed by atoms with Gasteiger partial charge in [-0.05, 0) is 31.9 Å². The molecule has 5 nitrogen and oxygen atoms in total. The summed E-state index contributed by atoms with van der Waals surface area (Å²) in [5.41, 5.74) is -5.39. The summed E-state index contributed by atoms with van der Waals surface area (Å²) in [6.45, 7) is 13.1. The molecule has 0 amide bonds. The van der Waals surface area contributed by atoms with Gasteiger partial charge in [0.25, 0.3) is 0 Å². The molecule has 0 radical (unpaired) electrons. The van der Waals surface area contributed by atoms with Crippen molar-refractivity contribution < 1.29 is 30.2 Å². The van der Waals surface area contributed by atoms with Gasteiger partial charge in [-0.15, -0.1) is 0 Å². The molecule has 2 rings (SSSR count). The molecule has 1 heterocycles. The van der Waals surface area contributed by atoms with Gasteiger partial charge in [-0.25, -0.2) is 0 Å². The van der Waals surface area contributed by atoms with Crippen LogP contribution in [0.15, 0.2) is 11.8 Å². The third-order valence-electron chi connectivity index (χ3n) is 6.13. The Morgan fingerprint density at radius 3 is 2.36 bits per heavy atom. The Bertz CT molecular complexity index is 686. The van der Waals surface area contributed by atoms with Crippen LogP contribution in [0.5, 0.6) is 0 Å². The second-order valence-corrected chi connectivity index (χ2v) is 15.7. The minimum absolute atomic E-state index is 0.104. The van der Waals surface area contributed by atoms with Crippen LogP contribution in [0.25, 0.3) is 0 Å². The number of aliphatic hydroxyl groups is 1. The van der Waals surface area contributed by atoms with Crippen LogP contribution in [-0.4, -0.2) is 56.8 Å². The Hall–Kier alpha value is -0.583. The van der Waals surface area contributed by atoms with Gasteiger partial charge in [-0.2, -0.15) is 21.6 Å². The summed E-state index contributed by atoms with van der Waals surface area (Å²) in [6.07, 6.45) is 5.19. The molecule has 0 aromatic carbocycles. The van der Waals surface area contributed by atoms with Gasteiger partial charge in [-0.3, -0.25) is 4.90 Å². The van der Waals surface area contributed by atoms with Gasteiger partial charge in [0.15, 0.2) is 0 Å². The zero-order chi connectivity index (χ0) is 21.4. The monoisotopic (exact) mass is 444 g/mol. The van der Waals surface area contributed by atoms with Gasteiger partial charge in [-0.1, -0.05) is 20.8 Å². The Balaban J connectivity index is 1.94. The zero-order valence-electron chi connectivity index (χ0n) is 17.3. The van der Waals surface area contributed by atoms with E-state index in [0.717, 1.165) is 25.9 Å². The number of nitrogens with zero attached hydrogens (tertiary/aromatic N) is 1. The second kappa shape index (κ2) is 8.27. The standard InChI is InChI=1S/C18H32F3NO4SSi/c1-17(2,3)28(4,5)26-16-7-6-12-22(13-16)14-8-10-15(11-9-14)25-27(23,24)18(19,20)21/h10,14,16H,6-9,11-13H2,1-5H3/p+1. The third kappa shape index (κ3) is 5.73. The third-order valence-corrected chi connectivity index (χ3v) is 11.8. The number of hydrogen-bond acceptors (Lipinski definition) is 4. The van der Waals surface area contributed by atoms with E-state index in [9.17, 15) is 21.6 Å². The summed E-state index contributed by atoms with van der Waals surface area (Å²) in [4.78, 5) is 2.36. The fraction of sp³-hybridized carbons (Fsp3) is 0.889. The second-order valence-electron chi connectivity index (χ2n) is 9.31. The molecule has 1 aliphatic heterocycles. The molecule has 2 aliphatic rings. The molecule has 0 saturated carbocycles. The van der Waals surface area contributed by atoms with Gasteiger partial charge in [0.05, 0.1) is 6.54 Å². The molecule has 0 aromatic rings. The van der Waals surface area contributed by atoms with E-state index in [2.05, 4.69) is 42.9 Å². The van der Waals surface area contributed by atoms with Crippen LogP contribution in [0.1, 0.15) is 52.9 Å². The van der Waals surface area contributed by atoms with Gasteiger partial charge in [0, 0.05) is 37.0 Å². The predicted octanol–water partition coefficient (Wildman–Crippen LogP) is 4.29. The van der Waals surface area contributed by atoms with E-state index < -0.39 is 23.9 Å². The van der Waals surface area contributed by atoms with E-state index in [-0.39, 0.29) is 23.3 Å². The number of alkyl halides is 3. The Labute approximate surface area is 167 Å². The van der Waals surface area contributed by atoms with Gasteiger partial charge in [0.1, 0.15) is 11.9 Å². The molecule has 1 saturated heterocycles. The predicted molar refractivity (Wildman–Crippen MR) is 106 cm³/mol. The van der Waals surface area contributed by atoms with Crippen molar-refractivity contribution in [1.29, 1.82) is 0 Å². The van der Waals surface area contributed by atoms with Crippen molar-refractivity contribution in [3.63, 3.8) is 0 Å². The van der Waals surface area contributed by atoms with Crippen molar-refractivity contribution in [3.8, 4) is 0 Å². The van der Waals surface area contributed by atoms with Crippen LogP contribution < -0.4 is 0 Å². The van der Waals surface area contributed by atoms with E-state index in [1.54, 1.807) is 0 Å². The van der Waals surface area contributed by atoms with Crippen LogP contribution in [0.4, 0.5) is 13.2 Å². The van der Waals surface area contributed by atoms with Crippen molar-refractivity contribution in [3.05, 3.63) is 11.8 Å². The largest absolute Gasteiger partial charge is 0.534 e. The van der Waals surface area contributed by atoms with Gasteiger partial charge in [0.2, 0.25) is 0 Å². The number of rotatable bonds is 5. The van der Waals surface area contributed by atoms with E-state index >= 15 is 0 Å². The number of hydrogen-bond donors (Lipinski definition) is 0. The molecule has 1 N–H and O–H groups in total. The molecule has 164 valence electrons.